The molecule has 0 spiro atoms. The molecule has 0 aliphatic carbocycles. The van der Waals surface area contributed by atoms with Gasteiger partial charge in [-0.05, 0) is 43.2 Å². The first kappa shape index (κ1) is 20.5. The molecule has 3 heterocycles. The summed E-state index contributed by atoms with van der Waals surface area (Å²) >= 11 is 0. The summed E-state index contributed by atoms with van der Waals surface area (Å²) in [4.78, 5) is 20.9. The molecule has 0 unspecified atom stereocenters. The van der Waals surface area contributed by atoms with E-state index in [0.29, 0.717) is 36.0 Å². The molecular weight excluding hydrogens is 401 g/mol. The number of aromatic nitrogens is 2. The van der Waals surface area contributed by atoms with E-state index >= 15 is 0 Å². The Hall–Kier alpha value is -3.72. The van der Waals surface area contributed by atoms with Crippen LogP contribution in [0.4, 0.5) is 21.7 Å². The van der Waals surface area contributed by atoms with Crippen LogP contribution in [-0.2, 0) is 4.74 Å². The average molecular weight is 423 g/mol. The van der Waals surface area contributed by atoms with Crippen LogP contribution < -0.4 is 21.1 Å². The van der Waals surface area contributed by atoms with Crippen LogP contribution in [0, 0.1) is 5.82 Å². The molecule has 1 fully saturated rings. The molecular formula is C22H22FN5O3. The molecule has 1 aromatic carbocycles. The number of amides is 1. The maximum atomic E-state index is 14.6. The number of nitrogens with two attached hydrogens (primary N) is 1. The predicted molar refractivity (Wildman–Crippen MR) is 114 cm³/mol. The van der Waals surface area contributed by atoms with Gasteiger partial charge in [-0.25, -0.2) is 14.4 Å². The molecule has 8 nitrogen and oxygen atoms in total. The first-order chi connectivity index (χ1) is 15.1. The Kier molecular flexibility index (Phi) is 6.23. The molecule has 4 N–H and O–H groups in total. The molecule has 160 valence electrons. The largest absolute Gasteiger partial charge is 0.454 e. The van der Waals surface area contributed by atoms with Crippen LogP contribution in [-0.4, -0.2) is 35.1 Å². The Morgan fingerprint density at radius 1 is 1.13 bits per heavy atom. The summed E-state index contributed by atoms with van der Waals surface area (Å²) in [6, 6.07) is 10.9. The second kappa shape index (κ2) is 9.40. The number of carbonyl (C=O) groups is 1. The first-order valence-electron chi connectivity index (χ1n) is 9.88. The highest BCUT2D eigenvalue weighted by atomic mass is 19.1. The molecule has 31 heavy (non-hydrogen) atoms. The highest BCUT2D eigenvalue weighted by Crippen LogP contribution is 2.28. The van der Waals surface area contributed by atoms with E-state index in [4.69, 9.17) is 15.2 Å². The Balaban J connectivity index is 1.48. The summed E-state index contributed by atoms with van der Waals surface area (Å²) < 4.78 is 25.4. The summed E-state index contributed by atoms with van der Waals surface area (Å²) in [7, 11) is 0. The van der Waals surface area contributed by atoms with Crippen molar-refractivity contribution in [2.24, 2.45) is 0 Å². The van der Waals surface area contributed by atoms with Crippen molar-refractivity contribution in [3.8, 4) is 11.5 Å². The van der Waals surface area contributed by atoms with Crippen molar-refractivity contribution in [1.29, 1.82) is 0 Å². The number of carbonyl (C=O) groups excluding carboxylic acids is 1. The van der Waals surface area contributed by atoms with E-state index in [9.17, 15) is 9.18 Å². The normalized spacial score (nSPS) is 14.1. The molecule has 0 bridgehead atoms. The van der Waals surface area contributed by atoms with Crippen molar-refractivity contribution in [2.45, 2.75) is 18.9 Å². The van der Waals surface area contributed by atoms with E-state index in [1.807, 2.05) is 0 Å². The van der Waals surface area contributed by atoms with Gasteiger partial charge in [-0.1, -0.05) is 0 Å². The number of anilines is 3. The van der Waals surface area contributed by atoms with Crippen molar-refractivity contribution in [2.75, 3.05) is 24.3 Å². The lowest BCUT2D eigenvalue weighted by molar-refractivity contribution is 0.0697. The third-order valence-electron chi connectivity index (χ3n) is 4.78. The van der Waals surface area contributed by atoms with Crippen molar-refractivity contribution in [3.63, 3.8) is 0 Å². The van der Waals surface area contributed by atoms with Crippen molar-refractivity contribution in [1.82, 2.24) is 15.3 Å². The van der Waals surface area contributed by atoms with Gasteiger partial charge in [-0.15, -0.1) is 0 Å². The molecule has 1 aliphatic heterocycles. The minimum Gasteiger partial charge on any atom is -0.454 e. The molecule has 4 rings (SSSR count). The lowest BCUT2D eigenvalue weighted by atomic mass is 10.1. The van der Waals surface area contributed by atoms with E-state index in [1.165, 1.54) is 24.4 Å². The van der Waals surface area contributed by atoms with Gasteiger partial charge in [-0.2, -0.15) is 0 Å². The Morgan fingerprint density at radius 3 is 2.74 bits per heavy atom. The zero-order chi connectivity index (χ0) is 21.6. The molecule has 0 radical (unpaired) electrons. The number of nitrogens with zero attached hydrogens (tertiary/aromatic N) is 2. The van der Waals surface area contributed by atoms with Gasteiger partial charge in [0.05, 0.1) is 5.56 Å². The number of nitrogen functional groups attached to an aromatic ring is 1. The highest BCUT2D eigenvalue weighted by molar-refractivity contribution is 5.99. The first-order valence-corrected chi connectivity index (χ1v) is 9.88. The Bertz CT molecular complexity index is 1070. The summed E-state index contributed by atoms with van der Waals surface area (Å²) in [6.07, 6.45) is 4.58. The fourth-order valence-electron chi connectivity index (χ4n) is 3.21. The zero-order valence-corrected chi connectivity index (χ0v) is 16.7. The average Bonchev–Trinajstić information content (AvgIpc) is 2.77. The van der Waals surface area contributed by atoms with Gasteiger partial charge < -0.3 is 25.8 Å². The lowest BCUT2D eigenvalue weighted by Crippen LogP contribution is -2.39. The number of rotatable bonds is 6. The highest BCUT2D eigenvalue weighted by Gasteiger charge is 2.19. The molecule has 0 atom stereocenters. The number of halogens is 1. The monoisotopic (exact) mass is 423 g/mol. The van der Waals surface area contributed by atoms with Gasteiger partial charge >= 0.3 is 0 Å². The van der Waals surface area contributed by atoms with Gasteiger partial charge in [0.25, 0.3) is 5.91 Å². The SMILES string of the molecule is Nc1cc(Oc2ccc(Nc3ncccc3C(=O)NC3CCOCC3)cc2F)ccn1. The Labute approximate surface area is 178 Å². The standard InChI is InChI=1S/C22H22FN5O3/c23-18-12-15(3-4-19(18)31-16-5-9-25-20(24)13-16)27-21-17(2-1-8-26-21)22(29)28-14-6-10-30-11-7-14/h1-5,8-9,12-14H,6-7,10-11H2,(H2,24,25)(H,26,27)(H,28,29). The second-order valence-corrected chi connectivity index (χ2v) is 7.05. The molecule has 1 aliphatic rings. The molecule has 0 saturated carbocycles. The van der Waals surface area contributed by atoms with Gasteiger partial charge in [0, 0.05) is 49.5 Å². The third-order valence-corrected chi connectivity index (χ3v) is 4.78. The fraction of sp³-hybridized carbons (Fsp3) is 0.227. The van der Waals surface area contributed by atoms with E-state index < -0.39 is 5.82 Å². The quantitative estimate of drug-likeness (QED) is 0.555. The van der Waals surface area contributed by atoms with Crippen molar-refractivity contribution >= 4 is 23.2 Å². The van der Waals surface area contributed by atoms with Crippen LogP contribution in [0.2, 0.25) is 0 Å². The molecule has 1 amide bonds. The number of hydrogen-bond acceptors (Lipinski definition) is 7. The smallest absolute Gasteiger partial charge is 0.255 e. The van der Waals surface area contributed by atoms with E-state index in [2.05, 4.69) is 20.6 Å². The van der Waals surface area contributed by atoms with Crippen LogP contribution in [0.3, 0.4) is 0 Å². The number of benzene rings is 1. The van der Waals surface area contributed by atoms with Gasteiger partial charge in [-0.3, -0.25) is 4.79 Å². The van der Waals surface area contributed by atoms with E-state index in [-0.39, 0.29) is 23.5 Å². The summed E-state index contributed by atoms with van der Waals surface area (Å²) in [5.74, 6) is 0.209. The van der Waals surface area contributed by atoms with Crippen molar-refractivity contribution < 1.29 is 18.7 Å². The van der Waals surface area contributed by atoms with Crippen LogP contribution in [0.15, 0.2) is 54.9 Å². The van der Waals surface area contributed by atoms with Gasteiger partial charge in [0.2, 0.25) is 0 Å². The zero-order valence-electron chi connectivity index (χ0n) is 16.7. The van der Waals surface area contributed by atoms with Crippen LogP contribution in [0.25, 0.3) is 0 Å². The van der Waals surface area contributed by atoms with E-state index in [1.54, 1.807) is 30.5 Å². The summed E-state index contributed by atoms with van der Waals surface area (Å²) in [6.45, 7) is 1.26. The summed E-state index contributed by atoms with van der Waals surface area (Å²) in [5, 5.41) is 6.01. The van der Waals surface area contributed by atoms with Crippen LogP contribution in [0.1, 0.15) is 23.2 Å². The lowest BCUT2D eigenvalue weighted by Gasteiger charge is -2.23. The fourth-order valence-corrected chi connectivity index (χ4v) is 3.21. The number of nitrogens with one attached hydrogen (secondary N) is 2. The minimum atomic E-state index is -0.579. The van der Waals surface area contributed by atoms with Gasteiger partial charge in [0.15, 0.2) is 11.6 Å². The van der Waals surface area contributed by atoms with Crippen molar-refractivity contribution in [3.05, 3.63) is 66.2 Å². The Morgan fingerprint density at radius 2 is 1.97 bits per heavy atom. The van der Waals surface area contributed by atoms with Gasteiger partial charge in [0.1, 0.15) is 17.4 Å². The third kappa shape index (κ3) is 5.26. The van der Waals surface area contributed by atoms with E-state index in [0.717, 1.165) is 12.8 Å². The molecule has 1 saturated heterocycles. The minimum absolute atomic E-state index is 0.0367. The molecule has 2 aromatic heterocycles. The number of hydrogen-bond donors (Lipinski definition) is 3. The molecule has 3 aromatic rings. The predicted octanol–water partition coefficient (Wildman–Crippen LogP) is 3.64. The second-order valence-electron chi connectivity index (χ2n) is 7.05. The van der Waals surface area contributed by atoms with Crippen LogP contribution in [0.5, 0.6) is 11.5 Å². The maximum Gasteiger partial charge on any atom is 0.255 e. The topological polar surface area (TPSA) is 111 Å². The maximum absolute atomic E-state index is 14.6. The number of ether oxygens (including phenoxy) is 2. The van der Waals surface area contributed by atoms with Crippen LogP contribution >= 0.6 is 0 Å². The number of pyridine rings is 2. The summed E-state index contributed by atoms with van der Waals surface area (Å²) in [5.41, 5.74) is 6.42. The molecule has 9 heteroatoms.